The lowest BCUT2D eigenvalue weighted by Crippen LogP contribution is -2.50. The molecule has 8 unspecified atom stereocenters. The second-order valence-corrected chi connectivity index (χ2v) is 9.17. The first-order chi connectivity index (χ1) is 16.4. The minimum atomic E-state index is -1.11. The number of fused-ring (bicyclic) bond motifs is 2. The van der Waals surface area contributed by atoms with Crippen LogP contribution in [0.5, 0.6) is 0 Å². The molecule has 0 radical (unpaired) electrons. The van der Waals surface area contributed by atoms with Crippen LogP contribution in [0.2, 0.25) is 0 Å². The van der Waals surface area contributed by atoms with Gasteiger partial charge < -0.3 is 28.4 Å². The highest BCUT2D eigenvalue weighted by molar-refractivity contribution is 6.02. The molecule has 0 aromatic rings. The van der Waals surface area contributed by atoms with Gasteiger partial charge in [-0.2, -0.15) is 0 Å². The van der Waals surface area contributed by atoms with Gasteiger partial charge in [0.2, 0.25) is 23.6 Å². The van der Waals surface area contributed by atoms with Gasteiger partial charge in [-0.3, -0.25) is 29.0 Å². The van der Waals surface area contributed by atoms with Crippen LogP contribution in [-0.4, -0.2) is 90.0 Å². The molecule has 13 heteroatoms. The molecule has 6 aliphatic rings. The monoisotopic (exact) mass is 480 g/mol. The molecule has 0 aromatic carbocycles. The Morgan fingerprint density at radius 2 is 1.06 bits per heavy atom. The quantitative estimate of drug-likeness (QED) is 0.383. The van der Waals surface area contributed by atoms with Crippen molar-refractivity contribution in [3.05, 3.63) is 0 Å². The molecule has 13 nitrogen and oxygen atoms in total. The molecule has 0 saturated carbocycles. The van der Waals surface area contributed by atoms with E-state index in [1.807, 2.05) is 0 Å². The minimum absolute atomic E-state index is 0.0636. The molecule has 184 valence electrons. The summed E-state index contributed by atoms with van der Waals surface area (Å²) >= 11 is 0. The average Bonchev–Trinajstić information content (AvgIpc) is 3.61. The van der Waals surface area contributed by atoms with Crippen LogP contribution >= 0.6 is 0 Å². The molecule has 0 aliphatic carbocycles. The fourth-order valence-corrected chi connectivity index (χ4v) is 5.64. The normalized spacial score (nSPS) is 41.5. The van der Waals surface area contributed by atoms with Gasteiger partial charge in [0.1, 0.15) is 0 Å². The summed E-state index contributed by atoms with van der Waals surface area (Å²) in [7, 11) is 0. The van der Waals surface area contributed by atoms with Crippen LogP contribution in [0.25, 0.3) is 0 Å². The summed E-state index contributed by atoms with van der Waals surface area (Å²) in [5, 5.41) is 0. The highest BCUT2D eigenvalue weighted by Gasteiger charge is 2.58. The zero-order chi connectivity index (χ0) is 23.6. The highest BCUT2D eigenvalue weighted by Crippen LogP contribution is 2.42. The number of rotatable bonds is 4. The van der Waals surface area contributed by atoms with Crippen LogP contribution in [0.15, 0.2) is 0 Å². The number of imide groups is 2. The first kappa shape index (κ1) is 21.9. The molecule has 6 rings (SSSR count). The highest BCUT2D eigenvalue weighted by atomic mass is 16.8. The molecule has 4 amide bonds. The van der Waals surface area contributed by atoms with Crippen LogP contribution in [-0.2, 0) is 47.6 Å². The van der Waals surface area contributed by atoms with Crippen molar-refractivity contribution < 1.29 is 52.4 Å². The van der Waals surface area contributed by atoms with Crippen LogP contribution in [0, 0.1) is 11.8 Å². The number of ether oxygens (including phenoxy) is 6. The van der Waals surface area contributed by atoms with Gasteiger partial charge in [-0.15, -0.1) is 0 Å². The number of carbonyl (C=O) groups excluding carboxylic acids is 5. The zero-order valence-electron chi connectivity index (χ0n) is 18.2. The van der Waals surface area contributed by atoms with Crippen molar-refractivity contribution >= 4 is 29.8 Å². The number of nitrogens with zero attached hydrogens (tertiary/aromatic N) is 2. The second kappa shape index (κ2) is 8.26. The van der Waals surface area contributed by atoms with Crippen molar-refractivity contribution in [2.45, 2.75) is 75.8 Å². The Hall–Kier alpha value is -2.61. The van der Waals surface area contributed by atoms with Crippen LogP contribution in [0.3, 0.4) is 0 Å². The van der Waals surface area contributed by atoms with E-state index in [2.05, 4.69) is 0 Å². The van der Waals surface area contributed by atoms with Gasteiger partial charge in [-0.25, -0.2) is 4.79 Å². The lowest BCUT2D eigenvalue weighted by Gasteiger charge is -2.30. The third kappa shape index (κ3) is 3.41. The van der Waals surface area contributed by atoms with Gasteiger partial charge in [0.25, 0.3) is 0 Å². The summed E-state index contributed by atoms with van der Waals surface area (Å²) in [6.45, 7) is 0.773. The molecule has 6 fully saturated rings. The van der Waals surface area contributed by atoms with E-state index in [0.717, 1.165) is 9.80 Å². The molecular weight excluding hydrogens is 456 g/mol. The van der Waals surface area contributed by atoms with Crippen molar-refractivity contribution in [2.24, 2.45) is 11.8 Å². The van der Waals surface area contributed by atoms with E-state index in [0.29, 0.717) is 26.1 Å². The summed E-state index contributed by atoms with van der Waals surface area (Å²) in [5.74, 6) is -2.37. The van der Waals surface area contributed by atoms with Crippen molar-refractivity contribution in [1.29, 1.82) is 0 Å². The van der Waals surface area contributed by atoms with Crippen molar-refractivity contribution in [3.8, 4) is 0 Å². The van der Waals surface area contributed by atoms with E-state index in [1.165, 1.54) is 0 Å². The summed E-state index contributed by atoms with van der Waals surface area (Å²) in [6, 6.07) is 0. The first-order valence-electron chi connectivity index (χ1n) is 11.5. The van der Waals surface area contributed by atoms with E-state index < -0.39 is 67.0 Å². The SMILES string of the molecule is O=C(OC1C2CCOC2OC1N1C(=O)CCC1=O)OC1C2CCOC2OC1N1C(=O)CCC1=O. The van der Waals surface area contributed by atoms with Gasteiger partial charge in [0, 0.05) is 25.7 Å². The van der Waals surface area contributed by atoms with Gasteiger partial charge in [0.05, 0.1) is 25.0 Å². The molecule has 0 aromatic heterocycles. The van der Waals surface area contributed by atoms with E-state index in [4.69, 9.17) is 28.4 Å². The zero-order valence-corrected chi connectivity index (χ0v) is 18.2. The number of carbonyl (C=O) groups is 5. The maximum Gasteiger partial charge on any atom is 0.509 e. The predicted octanol–water partition coefficient (Wildman–Crippen LogP) is -0.387. The van der Waals surface area contributed by atoms with Crippen molar-refractivity contribution in [1.82, 2.24) is 9.80 Å². The summed E-state index contributed by atoms with van der Waals surface area (Å²) < 4.78 is 33.9. The van der Waals surface area contributed by atoms with Gasteiger partial charge in [-0.05, 0) is 12.8 Å². The van der Waals surface area contributed by atoms with Crippen LogP contribution in [0.1, 0.15) is 38.5 Å². The Morgan fingerprint density at radius 1 is 0.676 bits per heavy atom. The van der Waals surface area contributed by atoms with E-state index >= 15 is 0 Å². The second-order valence-electron chi connectivity index (χ2n) is 9.17. The summed E-state index contributed by atoms with van der Waals surface area (Å²) in [6.07, 6.45) is -5.37. The molecule has 34 heavy (non-hydrogen) atoms. The number of hydrogen-bond donors (Lipinski definition) is 0. The van der Waals surface area contributed by atoms with Crippen molar-refractivity contribution in [2.75, 3.05) is 13.2 Å². The van der Waals surface area contributed by atoms with E-state index in [9.17, 15) is 24.0 Å². The van der Waals surface area contributed by atoms with Gasteiger partial charge in [-0.1, -0.05) is 0 Å². The molecule has 6 aliphatic heterocycles. The Bertz CT molecular complexity index is 836. The van der Waals surface area contributed by atoms with Gasteiger partial charge in [0.15, 0.2) is 37.2 Å². The first-order valence-corrected chi connectivity index (χ1v) is 11.5. The average molecular weight is 480 g/mol. The summed E-state index contributed by atoms with van der Waals surface area (Å²) in [5.41, 5.74) is 0. The van der Waals surface area contributed by atoms with Gasteiger partial charge >= 0.3 is 6.16 Å². The lowest BCUT2D eigenvalue weighted by atomic mass is 10.0. The maximum atomic E-state index is 13.0. The van der Waals surface area contributed by atoms with E-state index in [-0.39, 0.29) is 37.5 Å². The Labute approximate surface area is 193 Å². The molecule has 6 heterocycles. The number of likely N-dealkylation sites (tertiary alicyclic amines) is 2. The minimum Gasteiger partial charge on any atom is -0.426 e. The van der Waals surface area contributed by atoms with Crippen molar-refractivity contribution in [3.63, 3.8) is 0 Å². The fraction of sp³-hybridized carbons (Fsp3) is 0.762. The molecule has 0 N–H and O–H groups in total. The molecule has 0 bridgehead atoms. The summed E-state index contributed by atoms with van der Waals surface area (Å²) in [4.78, 5) is 64.1. The largest absolute Gasteiger partial charge is 0.509 e. The lowest BCUT2D eigenvalue weighted by molar-refractivity contribution is -0.181. The van der Waals surface area contributed by atoms with Crippen LogP contribution in [0.4, 0.5) is 4.79 Å². The third-order valence-corrected chi connectivity index (χ3v) is 7.27. The predicted molar refractivity (Wildman–Crippen MR) is 103 cm³/mol. The third-order valence-electron chi connectivity index (χ3n) is 7.27. The number of amides is 4. The Balaban J connectivity index is 1.20. The Kier molecular flexibility index (Phi) is 5.32. The molecular formula is C21H24N2O11. The molecule has 8 atom stereocenters. The fourth-order valence-electron chi connectivity index (χ4n) is 5.64. The standard InChI is InChI=1S/C21H24N2O11/c24-11-1-2-12(25)22(11)17-15(9-5-7-29-19(9)33-17)31-21(28)32-16-10-6-8-30-20(10)34-18(16)23-13(26)3-4-14(23)27/h9-10,15-20H,1-8H2. The smallest absolute Gasteiger partial charge is 0.426 e. The Morgan fingerprint density at radius 3 is 1.44 bits per heavy atom. The number of hydrogen-bond acceptors (Lipinski definition) is 11. The topological polar surface area (TPSA) is 147 Å². The molecule has 0 spiro atoms. The molecule has 6 saturated heterocycles. The maximum absolute atomic E-state index is 13.0. The van der Waals surface area contributed by atoms with E-state index in [1.54, 1.807) is 0 Å². The van der Waals surface area contributed by atoms with Crippen LogP contribution < -0.4 is 0 Å².